The van der Waals surface area contributed by atoms with Gasteiger partial charge in [0, 0.05) is 12.6 Å². The Hall–Kier alpha value is -1.16. The van der Waals surface area contributed by atoms with Crippen LogP contribution in [0, 0.1) is 17.3 Å². The van der Waals surface area contributed by atoms with Crippen molar-refractivity contribution >= 4 is 11.8 Å². The van der Waals surface area contributed by atoms with Crippen LogP contribution in [0.2, 0.25) is 0 Å². The van der Waals surface area contributed by atoms with Crippen LogP contribution in [-0.4, -0.2) is 34.5 Å². The SMILES string of the molecule is CC(C)(C)C(CCO)N1C(=O)[C@H]2CC=CC[C@H]2C1=O. The van der Waals surface area contributed by atoms with Crippen molar-refractivity contribution in [2.75, 3.05) is 6.61 Å². The van der Waals surface area contributed by atoms with Gasteiger partial charge in [-0.05, 0) is 24.7 Å². The first-order valence-electron chi connectivity index (χ1n) is 7.00. The van der Waals surface area contributed by atoms with Crippen molar-refractivity contribution in [3.05, 3.63) is 12.2 Å². The number of carbonyl (C=O) groups is 2. The summed E-state index contributed by atoms with van der Waals surface area (Å²) in [5.74, 6) is -0.456. The summed E-state index contributed by atoms with van der Waals surface area (Å²) in [6, 6.07) is -0.219. The van der Waals surface area contributed by atoms with Crippen LogP contribution >= 0.6 is 0 Å². The van der Waals surface area contributed by atoms with Gasteiger partial charge in [-0.15, -0.1) is 0 Å². The predicted molar refractivity (Wildman–Crippen MR) is 72.2 cm³/mol. The van der Waals surface area contributed by atoms with E-state index in [0.717, 1.165) is 0 Å². The van der Waals surface area contributed by atoms with E-state index in [1.54, 1.807) is 0 Å². The molecule has 19 heavy (non-hydrogen) atoms. The molecule has 1 fully saturated rings. The number of hydrogen-bond acceptors (Lipinski definition) is 3. The molecule has 1 unspecified atom stereocenters. The van der Waals surface area contributed by atoms with Crippen molar-refractivity contribution in [1.29, 1.82) is 0 Å². The lowest BCUT2D eigenvalue weighted by Crippen LogP contribution is -2.48. The van der Waals surface area contributed by atoms with Crippen LogP contribution in [0.4, 0.5) is 0 Å². The van der Waals surface area contributed by atoms with E-state index in [9.17, 15) is 14.7 Å². The molecular weight excluding hydrogens is 242 g/mol. The molecule has 4 heteroatoms. The fourth-order valence-corrected chi connectivity index (χ4v) is 3.20. The Kier molecular flexibility index (Phi) is 3.81. The molecule has 0 bridgehead atoms. The van der Waals surface area contributed by atoms with Gasteiger partial charge in [0.05, 0.1) is 11.8 Å². The van der Waals surface area contributed by atoms with E-state index in [1.807, 2.05) is 32.9 Å². The Balaban J connectivity index is 2.29. The normalized spacial score (nSPS) is 28.7. The van der Waals surface area contributed by atoms with Crippen LogP contribution < -0.4 is 0 Å². The summed E-state index contributed by atoms with van der Waals surface area (Å²) >= 11 is 0. The van der Waals surface area contributed by atoms with Gasteiger partial charge in [-0.2, -0.15) is 0 Å². The lowest BCUT2D eigenvalue weighted by molar-refractivity contribution is -0.145. The van der Waals surface area contributed by atoms with E-state index in [-0.39, 0.29) is 41.7 Å². The molecule has 2 rings (SSSR count). The minimum Gasteiger partial charge on any atom is -0.396 e. The first-order chi connectivity index (χ1) is 8.88. The highest BCUT2D eigenvalue weighted by Crippen LogP contribution is 2.39. The van der Waals surface area contributed by atoms with Gasteiger partial charge in [-0.25, -0.2) is 0 Å². The molecule has 1 aliphatic heterocycles. The van der Waals surface area contributed by atoms with Gasteiger partial charge in [0.1, 0.15) is 0 Å². The average Bonchev–Trinajstić information content (AvgIpc) is 2.59. The van der Waals surface area contributed by atoms with Crippen molar-refractivity contribution in [1.82, 2.24) is 4.90 Å². The highest BCUT2D eigenvalue weighted by atomic mass is 16.3. The van der Waals surface area contributed by atoms with Crippen LogP contribution in [-0.2, 0) is 9.59 Å². The zero-order chi connectivity index (χ0) is 14.2. The minimum absolute atomic E-state index is 0.00736. The molecule has 0 aromatic carbocycles. The van der Waals surface area contributed by atoms with Crippen LogP contribution in [0.1, 0.15) is 40.0 Å². The van der Waals surface area contributed by atoms with Gasteiger partial charge in [0.15, 0.2) is 0 Å². The maximum Gasteiger partial charge on any atom is 0.233 e. The Morgan fingerprint density at radius 3 is 2.05 bits per heavy atom. The second-order valence-corrected chi connectivity index (χ2v) is 6.60. The summed E-state index contributed by atoms with van der Waals surface area (Å²) < 4.78 is 0. The molecule has 1 N–H and O–H groups in total. The molecule has 0 aromatic rings. The van der Waals surface area contributed by atoms with Gasteiger partial charge < -0.3 is 5.11 Å². The summed E-state index contributed by atoms with van der Waals surface area (Å²) in [6.45, 7) is 6.02. The van der Waals surface area contributed by atoms with Crippen molar-refractivity contribution in [2.45, 2.75) is 46.1 Å². The van der Waals surface area contributed by atoms with Crippen LogP contribution in [0.25, 0.3) is 0 Å². The molecule has 1 saturated heterocycles. The highest BCUT2D eigenvalue weighted by Gasteiger charge is 2.51. The summed E-state index contributed by atoms with van der Waals surface area (Å²) in [6.07, 6.45) is 5.78. The number of aliphatic hydroxyl groups excluding tert-OH is 1. The van der Waals surface area contributed by atoms with Crippen molar-refractivity contribution in [3.63, 3.8) is 0 Å². The number of likely N-dealkylation sites (tertiary alicyclic amines) is 1. The van der Waals surface area contributed by atoms with E-state index in [4.69, 9.17) is 0 Å². The van der Waals surface area contributed by atoms with Crippen LogP contribution in [0.15, 0.2) is 12.2 Å². The number of fused-ring (bicyclic) bond motifs is 1. The number of allylic oxidation sites excluding steroid dienone is 2. The standard InChI is InChI=1S/C15H23NO3/c1-15(2,3)12(8-9-17)16-13(18)10-6-4-5-7-11(10)14(16)19/h4-5,10-12,17H,6-9H2,1-3H3/t10-,11+,12?. The Morgan fingerprint density at radius 2 is 1.68 bits per heavy atom. The maximum atomic E-state index is 12.5. The first kappa shape index (κ1) is 14.3. The second-order valence-electron chi connectivity index (χ2n) is 6.60. The van der Waals surface area contributed by atoms with Crippen LogP contribution in [0.3, 0.4) is 0 Å². The van der Waals surface area contributed by atoms with E-state index < -0.39 is 0 Å². The Morgan fingerprint density at radius 1 is 1.21 bits per heavy atom. The van der Waals surface area contributed by atoms with E-state index in [2.05, 4.69) is 0 Å². The van der Waals surface area contributed by atoms with E-state index in [0.29, 0.717) is 19.3 Å². The molecule has 2 amide bonds. The summed E-state index contributed by atoms with van der Waals surface area (Å²) in [7, 11) is 0. The minimum atomic E-state index is -0.219. The monoisotopic (exact) mass is 265 g/mol. The van der Waals surface area contributed by atoms with Gasteiger partial charge in [0.2, 0.25) is 11.8 Å². The number of amides is 2. The van der Waals surface area contributed by atoms with Crippen molar-refractivity contribution in [3.8, 4) is 0 Å². The average molecular weight is 265 g/mol. The zero-order valence-corrected chi connectivity index (χ0v) is 11.9. The van der Waals surface area contributed by atoms with Gasteiger partial charge >= 0.3 is 0 Å². The molecule has 3 atom stereocenters. The molecule has 106 valence electrons. The van der Waals surface area contributed by atoms with Crippen LogP contribution in [0.5, 0.6) is 0 Å². The fourth-order valence-electron chi connectivity index (χ4n) is 3.20. The maximum absolute atomic E-state index is 12.5. The van der Waals surface area contributed by atoms with E-state index >= 15 is 0 Å². The number of aliphatic hydroxyl groups is 1. The lowest BCUT2D eigenvalue weighted by Gasteiger charge is -2.36. The molecule has 4 nitrogen and oxygen atoms in total. The molecule has 2 aliphatic rings. The number of imide groups is 1. The molecule has 0 saturated carbocycles. The van der Waals surface area contributed by atoms with Gasteiger partial charge in [0.25, 0.3) is 0 Å². The largest absolute Gasteiger partial charge is 0.396 e. The summed E-state index contributed by atoms with van der Waals surface area (Å²) in [5.41, 5.74) is -0.213. The quantitative estimate of drug-likeness (QED) is 0.624. The lowest BCUT2D eigenvalue weighted by atomic mass is 9.83. The summed E-state index contributed by atoms with van der Waals surface area (Å²) in [5, 5.41) is 9.23. The van der Waals surface area contributed by atoms with E-state index in [1.165, 1.54) is 4.90 Å². The fraction of sp³-hybridized carbons (Fsp3) is 0.733. The Labute approximate surface area is 114 Å². The number of hydrogen-bond donors (Lipinski definition) is 1. The summed E-state index contributed by atoms with van der Waals surface area (Å²) in [4.78, 5) is 26.4. The molecule has 1 aliphatic carbocycles. The molecule has 0 aromatic heterocycles. The number of rotatable bonds is 3. The van der Waals surface area contributed by atoms with Crippen molar-refractivity contribution in [2.24, 2.45) is 17.3 Å². The number of carbonyl (C=O) groups excluding carboxylic acids is 2. The topological polar surface area (TPSA) is 57.6 Å². The highest BCUT2D eigenvalue weighted by molar-refractivity contribution is 6.05. The van der Waals surface area contributed by atoms with Gasteiger partial charge in [-0.1, -0.05) is 32.9 Å². The second kappa shape index (κ2) is 5.08. The molecular formula is C15H23NO3. The third-order valence-corrected chi connectivity index (χ3v) is 4.26. The Bertz CT molecular complexity index is 382. The zero-order valence-electron chi connectivity index (χ0n) is 11.9. The molecule has 0 spiro atoms. The number of nitrogens with zero attached hydrogens (tertiary/aromatic N) is 1. The third-order valence-electron chi connectivity index (χ3n) is 4.26. The molecule has 0 radical (unpaired) electrons. The predicted octanol–water partition coefficient (Wildman–Crippen LogP) is 1.73. The third kappa shape index (κ3) is 2.46. The first-order valence-corrected chi connectivity index (χ1v) is 7.00. The van der Waals surface area contributed by atoms with Gasteiger partial charge in [-0.3, -0.25) is 14.5 Å². The van der Waals surface area contributed by atoms with Crippen molar-refractivity contribution < 1.29 is 14.7 Å². The smallest absolute Gasteiger partial charge is 0.233 e. The molecule has 1 heterocycles.